The van der Waals surface area contributed by atoms with Crippen LogP contribution >= 0.6 is 0 Å². The minimum atomic E-state index is -0.508. The van der Waals surface area contributed by atoms with E-state index in [2.05, 4.69) is 33.8 Å². The Labute approximate surface area is 174 Å². The molecule has 0 aromatic carbocycles. The summed E-state index contributed by atoms with van der Waals surface area (Å²) in [6.07, 6.45) is 7.56. The molecule has 29 heavy (non-hydrogen) atoms. The van der Waals surface area contributed by atoms with E-state index in [-0.39, 0.29) is 28.8 Å². The van der Waals surface area contributed by atoms with Gasteiger partial charge in [-0.15, -0.1) is 0 Å². The molecule has 2 saturated carbocycles. The number of rotatable bonds is 2. The summed E-state index contributed by atoms with van der Waals surface area (Å²) in [7, 11) is 0. The monoisotopic (exact) mass is 403 g/mol. The highest BCUT2D eigenvalue weighted by Gasteiger charge is 2.65. The van der Waals surface area contributed by atoms with Crippen LogP contribution in [-0.4, -0.2) is 47.6 Å². The number of ether oxygens (including phenoxy) is 2. The fraction of sp³-hybridized carbons (Fsp3) is 0.875. The van der Waals surface area contributed by atoms with Gasteiger partial charge in [0, 0.05) is 30.0 Å². The Hall–Kier alpha value is -0.910. The summed E-state index contributed by atoms with van der Waals surface area (Å²) in [5.74, 6) is 1.35. The van der Waals surface area contributed by atoms with Crippen LogP contribution in [0.5, 0.6) is 0 Å². The normalized spacial score (nSPS) is 48.7. The Morgan fingerprint density at radius 2 is 1.93 bits per heavy atom. The zero-order valence-electron chi connectivity index (χ0n) is 18.4. The van der Waals surface area contributed by atoms with Crippen LogP contribution < -0.4 is 0 Å². The summed E-state index contributed by atoms with van der Waals surface area (Å²) >= 11 is 0. The predicted octanol–water partition coefficient (Wildman–Crippen LogP) is 3.72. The Balaban J connectivity index is 1.51. The molecule has 4 fully saturated rings. The van der Waals surface area contributed by atoms with Gasteiger partial charge in [0.15, 0.2) is 5.79 Å². The molecule has 0 aromatic rings. The van der Waals surface area contributed by atoms with Gasteiger partial charge in [-0.2, -0.15) is 0 Å². The van der Waals surface area contributed by atoms with Crippen LogP contribution in [0.15, 0.2) is 11.8 Å². The van der Waals surface area contributed by atoms with Crippen molar-refractivity contribution in [2.45, 2.75) is 78.1 Å². The fourth-order valence-electron chi connectivity index (χ4n) is 8.52. The first-order valence-corrected chi connectivity index (χ1v) is 11.7. The Kier molecular flexibility index (Phi) is 4.52. The maximum Gasteiger partial charge on any atom is 0.226 e. The van der Waals surface area contributed by atoms with Crippen molar-refractivity contribution >= 4 is 5.91 Å². The zero-order chi connectivity index (χ0) is 20.6. The van der Waals surface area contributed by atoms with Crippen LogP contribution in [0.3, 0.4) is 0 Å². The molecule has 1 amide bonds. The molecule has 0 spiro atoms. The second kappa shape index (κ2) is 6.54. The standard InChI is InChI=1S/C24H37NO4/c1-5-25-19-9-6-15-16-7-8-18(24(4)28-12-13-29-24)23(16,3)14-17(26)21(15)22(19,2)11-10-20(25)27/h9,15-18,21,26H,5-8,10-14H2,1-4H3/t15?,16?,17-,18?,21?,22-,23-/m0/s1. The largest absolute Gasteiger partial charge is 0.393 e. The maximum atomic E-state index is 12.5. The Bertz CT molecular complexity index is 728. The van der Waals surface area contributed by atoms with Crippen LogP contribution in [0.25, 0.3) is 0 Å². The summed E-state index contributed by atoms with van der Waals surface area (Å²) < 4.78 is 12.2. The first-order valence-electron chi connectivity index (χ1n) is 11.7. The number of amides is 1. The number of hydrogen-bond donors (Lipinski definition) is 1. The highest BCUT2D eigenvalue weighted by molar-refractivity contribution is 5.80. The van der Waals surface area contributed by atoms with Gasteiger partial charge < -0.3 is 19.5 Å². The molecule has 0 bridgehead atoms. The number of aliphatic hydroxyl groups is 1. The number of carbonyl (C=O) groups excluding carboxylic acids is 1. The Morgan fingerprint density at radius 1 is 1.21 bits per heavy atom. The lowest BCUT2D eigenvalue weighted by Gasteiger charge is -2.60. The van der Waals surface area contributed by atoms with E-state index < -0.39 is 5.79 Å². The molecule has 0 aromatic heterocycles. The summed E-state index contributed by atoms with van der Waals surface area (Å²) in [6, 6.07) is 0. The molecule has 7 atom stereocenters. The average molecular weight is 404 g/mol. The van der Waals surface area contributed by atoms with Crippen LogP contribution in [0.2, 0.25) is 0 Å². The van der Waals surface area contributed by atoms with E-state index in [9.17, 15) is 9.90 Å². The third-order valence-corrected chi connectivity index (χ3v) is 9.62. The number of piperidine rings is 1. The Morgan fingerprint density at radius 3 is 2.62 bits per heavy atom. The lowest BCUT2D eigenvalue weighted by Crippen LogP contribution is -2.60. The zero-order valence-corrected chi connectivity index (χ0v) is 18.4. The summed E-state index contributed by atoms with van der Waals surface area (Å²) in [4.78, 5) is 14.5. The van der Waals surface area contributed by atoms with Crippen LogP contribution in [0.4, 0.5) is 0 Å². The van der Waals surface area contributed by atoms with Gasteiger partial charge in [0.2, 0.25) is 5.91 Å². The van der Waals surface area contributed by atoms with Gasteiger partial charge in [-0.1, -0.05) is 19.9 Å². The molecular weight excluding hydrogens is 366 g/mol. The first-order chi connectivity index (χ1) is 13.7. The molecule has 5 nitrogen and oxygen atoms in total. The summed E-state index contributed by atoms with van der Waals surface area (Å²) in [5.41, 5.74) is 1.12. The van der Waals surface area contributed by atoms with Crippen molar-refractivity contribution in [3.05, 3.63) is 11.8 Å². The molecule has 2 saturated heterocycles. The second-order valence-corrected chi connectivity index (χ2v) is 10.8. The molecule has 5 heteroatoms. The van der Waals surface area contributed by atoms with Crippen molar-refractivity contribution in [3.8, 4) is 0 Å². The van der Waals surface area contributed by atoms with Gasteiger partial charge in [0.1, 0.15) is 0 Å². The third kappa shape index (κ3) is 2.59. The van der Waals surface area contributed by atoms with E-state index in [1.165, 1.54) is 12.1 Å². The lowest BCUT2D eigenvalue weighted by molar-refractivity contribution is -0.224. The lowest BCUT2D eigenvalue weighted by atomic mass is 9.47. The summed E-state index contributed by atoms with van der Waals surface area (Å²) in [5, 5.41) is 11.6. The van der Waals surface area contributed by atoms with Crippen LogP contribution in [0, 0.1) is 34.5 Å². The van der Waals surface area contributed by atoms with E-state index >= 15 is 0 Å². The highest BCUT2D eigenvalue weighted by Crippen LogP contribution is 2.67. The molecule has 5 rings (SSSR count). The molecular formula is C24H37NO4. The minimum Gasteiger partial charge on any atom is -0.393 e. The SMILES string of the molecule is CCN1C(=O)CC[C@@]2(C)C1=CCC1C3CCC(C4(C)OCCO4)[C@@]3(C)C[C@H](O)C12. The number of fused-ring (bicyclic) bond motifs is 5. The van der Waals surface area contributed by atoms with Crippen LogP contribution in [0.1, 0.15) is 66.2 Å². The summed E-state index contributed by atoms with van der Waals surface area (Å²) in [6.45, 7) is 10.9. The molecule has 1 N–H and O–H groups in total. The van der Waals surface area contributed by atoms with E-state index in [4.69, 9.17) is 9.47 Å². The van der Waals surface area contributed by atoms with Crippen molar-refractivity contribution in [3.63, 3.8) is 0 Å². The van der Waals surface area contributed by atoms with Gasteiger partial charge >= 0.3 is 0 Å². The first kappa shape index (κ1) is 20.0. The molecule has 3 aliphatic carbocycles. The van der Waals surface area contributed by atoms with Gasteiger partial charge in [0.25, 0.3) is 0 Å². The molecule has 5 aliphatic rings. The molecule has 2 heterocycles. The highest BCUT2D eigenvalue weighted by atomic mass is 16.7. The number of aliphatic hydroxyl groups excluding tert-OH is 1. The van der Waals surface area contributed by atoms with Gasteiger partial charge in [0.05, 0.1) is 19.3 Å². The van der Waals surface area contributed by atoms with Crippen molar-refractivity contribution in [1.82, 2.24) is 4.90 Å². The van der Waals surface area contributed by atoms with E-state index in [0.29, 0.717) is 37.4 Å². The molecule has 0 radical (unpaired) electrons. The number of hydrogen-bond acceptors (Lipinski definition) is 4. The van der Waals surface area contributed by atoms with Crippen LogP contribution in [-0.2, 0) is 14.3 Å². The third-order valence-electron chi connectivity index (χ3n) is 9.62. The van der Waals surface area contributed by atoms with Crippen molar-refractivity contribution in [2.75, 3.05) is 19.8 Å². The fourth-order valence-corrected chi connectivity index (χ4v) is 8.52. The molecule has 4 unspecified atom stereocenters. The predicted molar refractivity (Wildman–Crippen MR) is 110 cm³/mol. The average Bonchev–Trinajstić information content (AvgIpc) is 3.25. The number of likely N-dealkylation sites (tertiary alicyclic amines) is 1. The van der Waals surface area contributed by atoms with Gasteiger partial charge in [-0.25, -0.2) is 0 Å². The van der Waals surface area contributed by atoms with Gasteiger partial charge in [-0.05, 0) is 69.1 Å². The van der Waals surface area contributed by atoms with E-state index in [1.54, 1.807) is 0 Å². The van der Waals surface area contributed by atoms with Crippen molar-refractivity contribution in [2.24, 2.45) is 34.5 Å². The number of nitrogens with zero attached hydrogens (tertiary/aromatic N) is 1. The molecule has 2 aliphatic heterocycles. The van der Waals surface area contributed by atoms with E-state index in [1.807, 2.05) is 4.90 Å². The number of carbonyl (C=O) groups is 1. The topological polar surface area (TPSA) is 59.0 Å². The van der Waals surface area contributed by atoms with E-state index in [0.717, 1.165) is 32.2 Å². The smallest absolute Gasteiger partial charge is 0.226 e. The van der Waals surface area contributed by atoms with Crippen molar-refractivity contribution in [1.29, 1.82) is 0 Å². The van der Waals surface area contributed by atoms with Crippen molar-refractivity contribution < 1.29 is 19.4 Å². The molecule has 162 valence electrons. The second-order valence-electron chi connectivity index (χ2n) is 10.8. The maximum absolute atomic E-state index is 12.5. The van der Waals surface area contributed by atoms with Gasteiger partial charge in [-0.3, -0.25) is 4.79 Å². The number of allylic oxidation sites excluding steroid dienone is 2. The minimum absolute atomic E-state index is 0.0380. The quantitative estimate of drug-likeness (QED) is 0.764.